The van der Waals surface area contributed by atoms with Crippen LogP contribution in [0.15, 0.2) is 11.1 Å². The number of hydrogen-bond donors (Lipinski definition) is 0. The van der Waals surface area contributed by atoms with Crippen molar-refractivity contribution in [2.24, 2.45) is 0 Å². The number of hydrogen-bond acceptors (Lipinski definition) is 4. The lowest BCUT2D eigenvalue weighted by molar-refractivity contribution is -0.192. The van der Waals surface area contributed by atoms with Gasteiger partial charge < -0.3 is 9.57 Å². The first-order valence-corrected chi connectivity index (χ1v) is 10.2. The fraction of sp³-hybridized carbons (Fsp3) is 0.857. The molecule has 1 saturated heterocycles. The van der Waals surface area contributed by atoms with Gasteiger partial charge in [0.05, 0.1) is 11.2 Å². The molecule has 4 nitrogen and oxygen atoms in total. The Labute approximate surface area is 154 Å². The maximum atomic E-state index is 12.7. The summed E-state index contributed by atoms with van der Waals surface area (Å²) in [5.41, 5.74) is 1.01. The largest absolute Gasteiger partial charge is 0.371 e. The van der Waals surface area contributed by atoms with Gasteiger partial charge in [-0.2, -0.15) is 0 Å². The molecule has 1 fully saturated rings. The summed E-state index contributed by atoms with van der Waals surface area (Å²) in [6.07, 6.45) is 10.8. The van der Waals surface area contributed by atoms with E-state index in [0.717, 1.165) is 37.9 Å². The van der Waals surface area contributed by atoms with E-state index >= 15 is 0 Å². The molecule has 0 atom stereocenters. The summed E-state index contributed by atoms with van der Waals surface area (Å²) in [6, 6.07) is 0. The molecule has 146 valence electrons. The smallest absolute Gasteiger partial charge is 0.355 e. The van der Waals surface area contributed by atoms with Gasteiger partial charge in [0.1, 0.15) is 0 Å². The van der Waals surface area contributed by atoms with Gasteiger partial charge in [0, 0.05) is 19.7 Å². The van der Waals surface area contributed by atoms with Crippen LogP contribution in [-0.4, -0.2) is 36.3 Å². The molecule has 1 heterocycles. The van der Waals surface area contributed by atoms with Crippen LogP contribution in [0.25, 0.3) is 0 Å². The highest BCUT2D eigenvalue weighted by molar-refractivity contribution is 5.91. The second-order valence-electron chi connectivity index (χ2n) is 7.87. The van der Waals surface area contributed by atoms with E-state index in [4.69, 9.17) is 9.57 Å². The standard InChI is InChI=1S/C21H39NO3/c1-6-7-8-9-10-14-17-24-21(4,5)19(18(2)3)20(23)25-22-15-12-11-13-16-22/h6-17H2,1-5H3. The van der Waals surface area contributed by atoms with Crippen LogP contribution in [0.1, 0.15) is 92.4 Å². The fourth-order valence-corrected chi connectivity index (χ4v) is 3.45. The Morgan fingerprint density at radius 3 is 2.16 bits per heavy atom. The summed E-state index contributed by atoms with van der Waals surface area (Å²) < 4.78 is 6.09. The van der Waals surface area contributed by atoms with Crippen LogP contribution in [0.5, 0.6) is 0 Å². The molecule has 0 amide bonds. The molecule has 0 aromatic rings. The van der Waals surface area contributed by atoms with Crippen molar-refractivity contribution in [2.75, 3.05) is 19.7 Å². The van der Waals surface area contributed by atoms with Crippen LogP contribution in [0.2, 0.25) is 0 Å². The number of piperidine rings is 1. The molecule has 0 bridgehead atoms. The third kappa shape index (κ3) is 8.37. The van der Waals surface area contributed by atoms with E-state index in [0.29, 0.717) is 12.2 Å². The van der Waals surface area contributed by atoms with Crippen molar-refractivity contribution in [3.63, 3.8) is 0 Å². The summed E-state index contributed by atoms with van der Waals surface area (Å²) in [4.78, 5) is 18.3. The first kappa shape index (κ1) is 22.2. The van der Waals surface area contributed by atoms with Crippen LogP contribution < -0.4 is 0 Å². The molecule has 0 aliphatic carbocycles. The zero-order chi connectivity index (χ0) is 18.7. The predicted octanol–water partition coefficient (Wildman–Crippen LogP) is 5.42. The van der Waals surface area contributed by atoms with E-state index in [-0.39, 0.29) is 5.97 Å². The van der Waals surface area contributed by atoms with E-state index in [2.05, 4.69) is 6.92 Å². The lowest BCUT2D eigenvalue weighted by Crippen LogP contribution is -2.38. The maximum absolute atomic E-state index is 12.7. The highest BCUT2D eigenvalue weighted by Crippen LogP contribution is 2.26. The number of unbranched alkanes of at least 4 members (excludes halogenated alkanes) is 5. The molecule has 0 aromatic carbocycles. The van der Waals surface area contributed by atoms with Gasteiger partial charge >= 0.3 is 5.97 Å². The predicted molar refractivity (Wildman–Crippen MR) is 103 cm³/mol. The van der Waals surface area contributed by atoms with E-state index in [9.17, 15) is 4.79 Å². The molecule has 0 spiro atoms. The Balaban J connectivity index is 2.49. The topological polar surface area (TPSA) is 38.8 Å². The Hall–Kier alpha value is -0.870. The quantitative estimate of drug-likeness (QED) is 0.367. The van der Waals surface area contributed by atoms with Gasteiger partial charge in [0.25, 0.3) is 0 Å². The number of rotatable bonds is 11. The summed E-state index contributed by atoms with van der Waals surface area (Å²) in [6.45, 7) is 12.5. The highest BCUT2D eigenvalue weighted by atomic mass is 16.7. The second-order valence-corrected chi connectivity index (χ2v) is 7.87. The van der Waals surface area contributed by atoms with Crippen molar-refractivity contribution < 1.29 is 14.4 Å². The minimum absolute atomic E-state index is 0.255. The molecular weight excluding hydrogens is 314 g/mol. The lowest BCUT2D eigenvalue weighted by Gasteiger charge is -2.31. The van der Waals surface area contributed by atoms with Crippen molar-refractivity contribution in [1.82, 2.24) is 5.06 Å². The van der Waals surface area contributed by atoms with Crippen molar-refractivity contribution in [3.05, 3.63) is 11.1 Å². The SMILES string of the molecule is CCCCCCCCOC(C)(C)C(C(=O)ON1CCCCC1)=C(C)C. The Morgan fingerprint density at radius 1 is 0.960 bits per heavy atom. The number of hydroxylamine groups is 2. The van der Waals surface area contributed by atoms with Crippen LogP contribution in [0.4, 0.5) is 0 Å². The van der Waals surface area contributed by atoms with Gasteiger partial charge in [-0.25, -0.2) is 4.79 Å². The molecule has 0 aromatic heterocycles. The molecule has 0 unspecified atom stereocenters. The van der Waals surface area contributed by atoms with Gasteiger partial charge in [0.2, 0.25) is 0 Å². The first-order valence-electron chi connectivity index (χ1n) is 10.2. The summed E-state index contributed by atoms with van der Waals surface area (Å²) in [7, 11) is 0. The monoisotopic (exact) mass is 353 g/mol. The van der Waals surface area contributed by atoms with Gasteiger partial charge in [-0.1, -0.05) is 51.0 Å². The third-order valence-corrected chi connectivity index (χ3v) is 4.79. The molecule has 1 rings (SSSR count). The van der Waals surface area contributed by atoms with Crippen LogP contribution in [0.3, 0.4) is 0 Å². The molecule has 4 heteroatoms. The molecule has 25 heavy (non-hydrogen) atoms. The number of carbonyl (C=O) groups excluding carboxylic acids is 1. The first-order chi connectivity index (χ1) is 11.9. The third-order valence-electron chi connectivity index (χ3n) is 4.79. The summed E-state index contributed by atoms with van der Waals surface area (Å²) in [5.74, 6) is -0.255. The summed E-state index contributed by atoms with van der Waals surface area (Å²) in [5, 5.41) is 1.80. The van der Waals surface area contributed by atoms with Crippen molar-refractivity contribution in [3.8, 4) is 0 Å². The minimum Gasteiger partial charge on any atom is -0.371 e. The number of ether oxygens (including phenoxy) is 1. The van der Waals surface area contributed by atoms with Crippen LogP contribution >= 0.6 is 0 Å². The average molecular weight is 354 g/mol. The molecule has 0 saturated carbocycles. The number of carbonyl (C=O) groups is 1. The maximum Gasteiger partial charge on any atom is 0.355 e. The zero-order valence-corrected chi connectivity index (χ0v) is 17.2. The van der Waals surface area contributed by atoms with E-state index in [1.54, 1.807) is 5.06 Å². The van der Waals surface area contributed by atoms with Crippen LogP contribution in [0, 0.1) is 0 Å². The van der Waals surface area contributed by atoms with E-state index in [1.165, 1.54) is 38.5 Å². The number of allylic oxidation sites excluding steroid dienone is 1. The Bertz CT molecular complexity index is 419. The van der Waals surface area contributed by atoms with Crippen LogP contribution in [-0.2, 0) is 14.4 Å². The fourth-order valence-electron chi connectivity index (χ4n) is 3.45. The minimum atomic E-state index is -0.616. The Morgan fingerprint density at radius 2 is 1.56 bits per heavy atom. The number of nitrogens with zero attached hydrogens (tertiary/aromatic N) is 1. The molecular formula is C21H39NO3. The van der Waals surface area contributed by atoms with Gasteiger partial charge in [-0.3, -0.25) is 0 Å². The molecule has 1 aliphatic heterocycles. The van der Waals surface area contributed by atoms with Gasteiger partial charge in [0.15, 0.2) is 0 Å². The Kier molecular flexibility index (Phi) is 10.4. The summed E-state index contributed by atoms with van der Waals surface area (Å²) >= 11 is 0. The van der Waals surface area contributed by atoms with Crippen molar-refractivity contribution in [2.45, 2.75) is 98.0 Å². The zero-order valence-electron chi connectivity index (χ0n) is 17.2. The second kappa shape index (κ2) is 11.7. The highest BCUT2D eigenvalue weighted by Gasteiger charge is 2.33. The molecule has 1 aliphatic rings. The van der Waals surface area contributed by atoms with E-state index in [1.807, 2.05) is 27.7 Å². The average Bonchev–Trinajstić information content (AvgIpc) is 2.54. The van der Waals surface area contributed by atoms with E-state index < -0.39 is 5.60 Å². The van der Waals surface area contributed by atoms with Crippen molar-refractivity contribution in [1.29, 1.82) is 0 Å². The van der Waals surface area contributed by atoms with Gasteiger partial charge in [-0.15, -0.1) is 5.06 Å². The normalized spacial score (nSPS) is 15.9. The van der Waals surface area contributed by atoms with Gasteiger partial charge in [-0.05, 0) is 47.0 Å². The molecule has 0 radical (unpaired) electrons. The molecule has 0 N–H and O–H groups in total. The van der Waals surface area contributed by atoms with Crippen molar-refractivity contribution >= 4 is 5.97 Å². The lowest BCUT2D eigenvalue weighted by atomic mass is 9.93.